The molecule has 0 aromatic heterocycles. The van der Waals surface area contributed by atoms with Gasteiger partial charge in [-0.1, -0.05) is 31.2 Å². The maximum Gasteiger partial charge on any atom is 0.408 e. The summed E-state index contributed by atoms with van der Waals surface area (Å²) in [5.74, 6) is -0.436. The van der Waals surface area contributed by atoms with Crippen LogP contribution in [0.25, 0.3) is 0 Å². The Morgan fingerprint density at radius 2 is 1.65 bits per heavy atom. The Balaban J connectivity index is 2.01. The molecule has 1 fully saturated rings. The Hall–Kier alpha value is -3.55. The minimum Gasteiger partial charge on any atom is -0.508 e. The second-order valence-electron chi connectivity index (χ2n) is 11.1. The summed E-state index contributed by atoms with van der Waals surface area (Å²) in [4.78, 5) is 41.8. The maximum atomic E-state index is 14.0. The number of nitrogens with one attached hydrogen (secondary N) is 2. The Kier molecular flexibility index (Phi) is 8.20. The molecule has 4 atom stereocenters. The van der Waals surface area contributed by atoms with Crippen LogP contribution >= 0.6 is 0 Å². The van der Waals surface area contributed by atoms with Crippen LogP contribution in [0.15, 0.2) is 36.4 Å². The molecule has 3 rings (SSSR count). The van der Waals surface area contributed by atoms with Gasteiger partial charge < -0.3 is 25.4 Å². The van der Waals surface area contributed by atoms with Crippen molar-refractivity contribution in [3.05, 3.63) is 58.7 Å². The van der Waals surface area contributed by atoms with E-state index < -0.39 is 23.8 Å². The van der Waals surface area contributed by atoms with E-state index in [2.05, 4.69) is 10.6 Å². The molecule has 4 unspecified atom stereocenters. The van der Waals surface area contributed by atoms with E-state index in [-0.39, 0.29) is 29.5 Å². The first-order valence-electron chi connectivity index (χ1n) is 12.7. The number of aryl methyl sites for hydroxylation is 3. The SMILES string of the molecule is Cc1cc(C(C(=O)Nc2c(C)cccc2C)N(C(=O)C(C)NC(=O)OC(C)(C)C)C2CC2C)ccc1O. The van der Waals surface area contributed by atoms with Crippen LogP contribution in [0.5, 0.6) is 5.75 Å². The topological polar surface area (TPSA) is 108 Å². The molecule has 3 N–H and O–H groups in total. The normalized spacial score (nSPS) is 18.4. The van der Waals surface area contributed by atoms with Crippen molar-refractivity contribution in [2.45, 2.75) is 85.5 Å². The van der Waals surface area contributed by atoms with Gasteiger partial charge in [0.25, 0.3) is 5.91 Å². The molecule has 1 saturated carbocycles. The number of aromatic hydroxyl groups is 1. The fraction of sp³-hybridized carbons (Fsp3) is 0.483. The number of amides is 3. The molecular formula is C29H39N3O5. The lowest BCUT2D eigenvalue weighted by Gasteiger charge is -2.34. The zero-order valence-corrected chi connectivity index (χ0v) is 23.0. The van der Waals surface area contributed by atoms with Crippen molar-refractivity contribution in [2.24, 2.45) is 5.92 Å². The van der Waals surface area contributed by atoms with E-state index in [1.54, 1.807) is 51.7 Å². The fourth-order valence-electron chi connectivity index (χ4n) is 4.43. The van der Waals surface area contributed by atoms with Crippen LogP contribution in [-0.4, -0.2) is 45.6 Å². The average molecular weight is 510 g/mol. The number of alkyl carbamates (subject to hydrolysis) is 1. The zero-order chi connectivity index (χ0) is 27.7. The molecule has 0 aliphatic heterocycles. The summed E-state index contributed by atoms with van der Waals surface area (Å²) in [5.41, 5.74) is 2.98. The number of carbonyl (C=O) groups is 3. The van der Waals surface area contributed by atoms with Gasteiger partial charge in [0.05, 0.1) is 0 Å². The highest BCUT2D eigenvalue weighted by atomic mass is 16.6. The zero-order valence-electron chi connectivity index (χ0n) is 23.0. The quantitative estimate of drug-likeness (QED) is 0.479. The van der Waals surface area contributed by atoms with Gasteiger partial charge in [-0.25, -0.2) is 4.79 Å². The van der Waals surface area contributed by atoms with Gasteiger partial charge in [0.15, 0.2) is 0 Å². The molecule has 1 aliphatic rings. The Morgan fingerprint density at radius 1 is 1.05 bits per heavy atom. The van der Waals surface area contributed by atoms with Crippen molar-refractivity contribution >= 4 is 23.6 Å². The molecular weight excluding hydrogens is 470 g/mol. The highest BCUT2D eigenvalue weighted by Crippen LogP contribution is 2.41. The number of phenols is 1. The smallest absolute Gasteiger partial charge is 0.408 e. The fourth-order valence-corrected chi connectivity index (χ4v) is 4.43. The number of ether oxygens (including phenoxy) is 1. The number of nitrogens with zero attached hydrogens (tertiary/aromatic N) is 1. The highest BCUT2D eigenvalue weighted by Gasteiger charge is 2.47. The van der Waals surface area contributed by atoms with Crippen LogP contribution in [0.3, 0.4) is 0 Å². The Morgan fingerprint density at radius 3 is 2.16 bits per heavy atom. The third-order valence-electron chi connectivity index (χ3n) is 6.57. The van der Waals surface area contributed by atoms with Crippen molar-refractivity contribution in [3.8, 4) is 5.75 Å². The first-order valence-corrected chi connectivity index (χ1v) is 12.7. The average Bonchev–Trinajstić information content (AvgIpc) is 3.50. The number of benzene rings is 2. The van der Waals surface area contributed by atoms with E-state index in [4.69, 9.17) is 4.74 Å². The van der Waals surface area contributed by atoms with Crippen LogP contribution in [0, 0.1) is 26.7 Å². The highest BCUT2D eigenvalue weighted by molar-refractivity contribution is 6.00. The molecule has 3 amide bonds. The summed E-state index contributed by atoms with van der Waals surface area (Å²) < 4.78 is 5.33. The van der Waals surface area contributed by atoms with Gasteiger partial charge in [-0.2, -0.15) is 0 Å². The Bertz CT molecular complexity index is 1170. The van der Waals surface area contributed by atoms with Gasteiger partial charge in [0.1, 0.15) is 23.4 Å². The maximum absolute atomic E-state index is 14.0. The van der Waals surface area contributed by atoms with E-state index in [0.717, 1.165) is 17.5 Å². The molecule has 1 aliphatic carbocycles. The van der Waals surface area contributed by atoms with Crippen molar-refractivity contribution in [2.75, 3.05) is 5.32 Å². The van der Waals surface area contributed by atoms with Crippen LogP contribution in [0.4, 0.5) is 10.5 Å². The van der Waals surface area contributed by atoms with Crippen LogP contribution < -0.4 is 10.6 Å². The minimum absolute atomic E-state index is 0.107. The number of hydrogen-bond donors (Lipinski definition) is 3. The number of carbonyl (C=O) groups excluding carboxylic acids is 3. The lowest BCUT2D eigenvalue weighted by molar-refractivity contribution is -0.141. The van der Waals surface area contributed by atoms with Gasteiger partial charge in [-0.3, -0.25) is 9.59 Å². The summed E-state index contributed by atoms with van der Waals surface area (Å²) in [5, 5.41) is 15.8. The number of rotatable bonds is 7. The first kappa shape index (κ1) is 28.0. The summed E-state index contributed by atoms with van der Waals surface area (Å²) in [6.45, 7) is 14.4. The summed E-state index contributed by atoms with van der Waals surface area (Å²) in [6, 6.07) is 8.62. The second kappa shape index (κ2) is 10.8. The van der Waals surface area contributed by atoms with Crippen molar-refractivity contribution in [1.29, 1.82) is 0 Å². The molecule has 2 aromatic rings. The van der Waals surface area contributed by atoms with Crippen molar-refractivity contribution < 1.29 is 24.2 Å². The third-order valence-corrected chi connectivity index (χ3v) is 6.57. The van der Waals surface area contributed by atoms with Crippen molar-refractivity contribution in [1.82, 2.24) is 10.2 Å². The molecule has 0 spiro atoms. The van der Waals surface area contributed by atoms with Gasteiger partial charge >= 0.3 is 6.09 Å². The summed E-state index contributed by atoms with van der Waals surface area (Å²) in [6.07, 6.45) is 0.0453. The summed E-state index contributed by atoms with van der Waals surface area (Å²) >= 11 is 0. The molecule has 0 saturated heterocycles. The minimum atomic E-state index is -0.969. The lowest BCUT2D eigenvalue weighted by Crippen LogP contribution is -2.52. The largest absolute Gasteiger partial charge is 0.508 e. The number of anilines is 1. The summed E-state index contributed by atoms with van der Waals surface area (Å²) in [7, 11) is 0. The molecule has 8 heteroatoms. The predicted octanol–water partition coefficient (Wildman–Crippen LogP) is 5.15. The monoisotopic (exact) mass is 509 g/mol. The standard InChI is InChI=1S/C29H39N3O5/c1-16-10-9-11-17(2)24(16)31-26(34)25(21-12-13-23(33)19(4)14-21)32(22-15-18(22)3)27(35)20(5)30-28(36)37-29(6,7)8/h9-14,18,20,22,25,33H,15H2,1-8H3,(H,30,36)(H,31,34). The third kappa shape index (κ3) is 6.81. The number of phenolic OH excluding ortho intramolecular Hbond substituents is 1. The van der Waals surface area contributed by atoms with Gasteiger partial charge in [-0.15, -0.1) is 0 Å². The van der Waals surface area contributed by atoms with E-state index in [1.807, 2.05) is 39.0 Å². The molecule has 0 bridgehead atoms. The van der Waals surface area contributed by atoms with Gasteiger partial charge in [0, 0.05) is 11.7 Å². The first-order chi connectivity index (χ1) is 17.2. The molecule has 37 heavy (non-hydrogen) atoms. The van der Waals surface area contributed by atoms with E-state index in [1.165, 1.54) is 6.07 Å². The van der Waals surface area contributed by atoms with Gasteiger partial charge in [0.2, 0.25) is 5.91 Å². The van der Waals surface area contributed by atoms with E-state index in [9.17, 15) is 19.5 Å². The Labute approximate surface area is 219 Å². The molecule has 2 aromatic carbocycles. The van der Waals surface area contributed by atoms with Crippen LogP contribution in [-0.2, 0) is 14.3 Å². The lowest BCUT2D eigenvalue weighted by atomic mass is 9.99. The van der Waals surface area contributed by atoms with Gasteiger partial charge in [-0.05, 0) is 95.2 Å². The van der Waals surface area contributed by atoms with E-state index in [0.29, 0.717) is 16.8 Å². The molecule has 0 heterocycles. The predicted molar refractivity (Wildman–Crippen MR) is 143 cm³/mol. The number of para-hydroxylation sites is 1. The second-order valence-corrected chi connectivity index (χ2v) is 11.1. The number of hydrogen-bond acceptors (Lipinski definition) is 5. The van der Waals surface area contributed by atoms with Crippen LogP contribution in [0.1, 0.15) is 69.3 Å². The van der Waals surface area contributed by atoms with Crippen molar-refractivity contribution in [3.63, 3.8) is 0 Å². The molecule has 8 nitrogen and oxygen atoms in total. The van der Waals surface area contributed by atoms with E-state index >= 15 is 0 Å². The van der Waals surface area contributed by atoms with Crippen LogP contribution in [0.2, 0.25) is 0 Å². The molecule has 0 radical (unpaired) electrons. The molecule has 200 valence electrons.